The Morgan fingerprint density at radius 2 is 1.61 bits per heavy atom. The second-order valence-electron chi connectivity index (χ2n) is 9.75. The van der Waals surface area contributed by atoms with Crippen molar-refractivity contribution in [2.24, 2.45) is 0 Å². The van der Waals surface area contributed by atoms with Gasteiger partial charge in [-0.15, -0.1) is 0 Å². The van der Waals surface area contributed by atoms with E-state index in [0.29, 0.717) is 25.2 Å². The van der Waals surface area contributed by atoms with Crippen molar-refractivity contribution in [1.29, 1.82) is 0 Å². The third-order valence-electron chi connectivity index (χ3n) is 7.02. The largest absolute Gasteiger partial charge is 0.334 e. The summed E-state index contributed by atoms with van der Waals surface area (Å²) < 4.78 is 0. The Morgan fingerprint density at radius 3 is 2.42 bits per heavy atom. The van der Waals surface area contributed by atoms with Crippen molar-refractivity contribution in [3.05, 3.63) is 102 Å². The summed E-state index contributed by atoms with van der Waals surface area (Å²) in [7, 11) is 0. The van der Waals surface area contributed by atoms with Crippen molar-refractivity contribution >= 4 is 28.4 Å². The molecule has 0 N–H and O–H groups in total. The maximum Gasteiger partial charge on any atom is 0.255 e. The van der Waals surface area contributed by atoms with E-state index in [1.54, 1.807) is 13.1 Å². The van der Waals surface area contributed by atoms with E-state index in [0.717, 1.165) is 60.3 Å². The molecule has 5 rings (SSSR count). The van der Waals surface area contributed by atoms with Crippen LogP contribution in [0.5, 0.6) is 0 Å². The average Bonchev–Trinajstić information content (AvgIpc) is 2.94. The smallest absolute Gasteiger partial charge is 0.255 e. The van der Waals surface area contributed by atoms with Crippen molar-refractivity contribution < 1.29 is 9.59 Å². The number of aromatic nitrogens is 2. The minimum atomic E-state index is -0.0548. The van der Waals surface area contributed by atoms with Crippen molar-refractivity contribution in [1.82, 2.24) is 19.8 Å². The van der Waals surface area contributed by atoms with Crippen LogP contribution >= 0.6 is 0 Å². The molecule has 2 amide bonds. The van der Waals surface area contributed by atoms with Crippen LogP contribution < -0.4 is 4.90 Å². The van der Waals surface area contributed by atoms with E-state index in [2.05, 4.69) is 14.9 Å². The molecule has 7 nitrogen and oxygen atoms in total. The van der Waals surface area contributed by atoms with Crippen LogP contribution in [0.1, 0.15) is 41.4 Å². The molecule has 0 fully saturated rings. The lowest BCUT2D eigenvalue weighted by molar-refractivity contribution is -0.116. The van der Waals surface area contributed by atoms with Crippen LogP contribution in [0.15, 0.2) is 85.2 Å². The van der Waals surface area contributed by atoms with Gasteiger partial charge in [0, 0.05) is 69.7 Å². The van der Waals surface area contributed by atoms with Gasteiger partial charge in [-0.25, -0.2) is 0 Å². The lowest BCUT2D eigenvalue weighted by Crippen LogP contribution is -2.38. The van der Waals surface area contributed by atoms with E-state index < -0.39 is 0 Å². The normalized spacial score (nSPS) is 15.4. The monoisotopic (exact) mass is 507 g/mol. The third-order valence-corrected chi connectivity index (χ3v) is 7.02. The molecule has 0 unspecified atom stereocenters. The topological polar surface area (TPSA) is 69.6 Å². The predicted molar refractivity (Wildman–Crippen MR) is 150 cm³/mol. The predicted octanol–water partition coefficient (Wildman–Crippen LogP) is 4.92. The van der Waals surface area contributed by atoms with Gasteiger partial charge < -0.3 is 9.80 Å². The zero-order valence-electron chi connectivity index (χ0n) is 21.8. The van der Waals surface area contributed by atoms with Gasteiger partial charge in [0.15, 0.2) is 0 Å². The average molecular weight is 508 g/mol. The molecule has 0 spiro atoms. The maximum atomic E-state index is 13.8. The van der Waals surface area contributed by atoms with E-state index in [1.807, 2.05) is 88.8 Å². The van der Waals surface area contributed by atoms with E-state index >= 15 is 0 Å². The highest BCUT2D eigenvalue weighted by Gasteiger charge is 2.22. The van der Waals surface area contributed by atoms with Crippen molar-refractivity contribution in [2.75, 3.05) is 31.1 Å². The highest BCUT2D eigenvalue weighted by atomic mass is 16.2. The van der Waals surface area contributed by atoms with Gasteiger partial charge in [-0.3, -0.25) is 24.5 Å². The number of carbonyl (C=O) groups is 2. The molecule has 1 aliphatic rings. The number of nitrogens with zero attached hydrogens (tertiary/aromatic N) is 5. The summed E-state index contributed by atoms with van der Waals surface area (Å²) in [6, 6.07) is 23.6. The van der Waals surface area contributed by atoms with E-state index in [1.165, 1.54) is 0 Å². The first-order chi connectivity index (χ1) is 18.6. The molecule has 0 saturated carbocycles. The number of pyridine rings is 2. The Hall–Kier alpha value is -4.10. The van der Waals surface area contributed by atoms with Crippen molar-refractivity contribution in [3.63, 3.8) is 0 Å². The van der Waals surface area contributed by atoms with Crippen molar-refractivity contribution in [3.8, 4) is 0 Å². The number of para-hydroxylation sites is 2. The summed E-state index contributed by atoms with van der Waals surface area (Å²) in [5.41, 5.74) is 4.29. The molecule has 0 radical (unpaired) electrons. The fourth-order valence-electron chi connectivity index (χ4n) is 5.11. The van der Waals surface area contributed by atoms with Gasteiger partial charge in [0.05, 0.1) is 16.8 Å². The molecule has 0 atom stereocenters. The lowest BCUT2D eigenvalue weighted by atomic mass is 10.1. The molecule has 38 heavy (non-hydrogen) atoms. The Bertz CT molecular complexity index is 1410. The number of benzene rings is 2. The molecule has 1 aliphatic heterocycles. The molecule has 0 saturated heterocycles. The van der Waals surface area contributed by atoms with E-state index in [9.17, 15) is 9.59 Å². The molecule has 3 heterocycles. The molecule has 0 bridgehead atoms. The summed E-state index contributed by atoms with van der Waals surface area (Å²) in [6.07, 6.45) is 5.17. The molecular formula is C31H33N5O2. The van der Waals surface area contributed by atoms with Crippen LogP contribution in [0.4, 0.5) is 5.69 Å². The lowest BCUT2D eigenvalue weighted by Gasteiger charge is -2.31. The molecule has 7 heteroatoms. The Balaban J connectivity index is 1.45. The van der Waals surface area contributed by atoms with Crippen molar-refractivity contribution in [2.45, 2.75) is 32.9 Å². The Labute approximate surface area is 223 Å². The zero-order valence-corrected chi connectivity index (χ0v) is 21.8. The number of fused-ring (bicyclic) bond motifs is 2. The highest BCUT2D eigenvalue weighted by molar-refractivity contribution is 5.97. The van der Waals surface area contributed by atoms with Gasteiger partial charge in [0.1, 0.15) is 0 Å². The highest BCUT2D eigenvalue weighted by Crippen LogP contribution is 2.25. The van der Waals surface area contributed by atoms with Gasteiger partial charge in [-0.05, 0) is 48.7 Å². The summed E-state index contributed by atoms with van der Waals surface area (Å²) in [6.45, 7) is 5.65. The van der Waals surface area contributed by atoms with Crippen LogP contribution in [0.25, 0.3) is 10.9 Å². The quantitative estimate of drug-likeness (QED) is 0.394. The first kappa shape index (κ1) is 25.5. The standard InChI is InChI=1S/C31H33N5O2/c1-24(37)36-19-9-17-34(23-28-12-6-7-15-32-28)16-8-18-35(22-26-11-3-5-14-30(26)36)31(38)27-20-25-10-2-4-13-29(25)33-21-27/h2-7,10-15,20-21H,8-9,16-19,22-23H2,1H3. The molecular weight excluding hydrogens is 474 g/mol. The van der Waals surface area contributed by atoms with Gasteiger partial charge in [0.2, 0.25) is 5.91 Å². The van der Waals surface area contributed by atoms with Crippen LogP contribution in [0, 0.1) is 0 Å². The van der Waals surface area contributed by atoms with Gasteiger partial charge in [-0.2, -0.15) is 0 Å². The van der Waals surface area contributed by atoms with Gasteiger partial charge >= 0.3 is 0 Å². The fraction of sp³-hybridized carbons (Fsp3) is 0.290. The van der Waals surface area contributed by atoms with Crippen LogP contribution in [-0.2, 0) is 17.9 Å². The SMILES string of the molecule is CC(=O)N1CCCN(Cc2ccccn2)CCCN(C(=O)c2cnc3ccccc3c2)Cc2ccccc21. The number of anilines is 1. The molecule has 0 aliphatic carbocycles. The molecule has 2 aromatic carbocycles. The van der Waals surface area contributed by atoms with Gasteiger partial charge in [-0.1, -0.05) is 42.5 Å². The maximum absolute atomic E-state index is 13.8. The number of hydrogen-bond acceptors (Lipinski definition) is 5. The second kappa shape index (κ2) is 12.0. The number of amides is 2. The minimum absolute atomic E-state index is 0.00221. The van der Waals surface area contributed by atoms with Crippen LogP contribution in [-0.4, -0.2) is 57.8 Å². The van der Waals surface area contributed by atoms with Crippen LogP contribution in [0.2, 0.25) is 0 Å². The Morgan fingerprint density at radius 1 is 0.842 bits per heavy atom. The zero-order chi connectivity index (χ0) is 26.3. The van der Waals surface area contributed by atoms with E-state index in [4.69, 9.17) is 0 Å². The van der Waals surface area contributed by atoms with Gasteiger partial charge in [0.25, 0.3) is 5.91 Å². The fourth-order valence-corrected chi connectivity index (χ4v) is 5.11. The molecule has 194 valence electrons. The van der Waals surface area contributed by atoms with Crippen LogP contribution in [0.3, 0.4) is 0 Å². The number of carbonyl (C=O) groups excluding carboxylic acids is 2. The number of hydrogen-bond donors (Lipinski definition) is 0. The van der Waals surface area contributed by atoms with E-state index in [-0.39, 0.29) is 11.8 Å². The Kier molecular flexibility index (Phi) is 8.04. The summed E-state index contributed by atoms with van der Waals surface area (Å²) >= 11 is 0. The summed E-state index contributed by atoms with van der Waals surface area (Å²) in [5, 5.41) is 0.942. The summed E-state index contributed by atoms with van der Waals surface area (Å²) in [4.78, 5) is 41.7. The first-order valence-electron chi connectivity index (χ1n) is 13.2. The number of rotatable bonds is 3. The third kappa shape index (κ3) is 6.06. The second-order valence-corrected chi connectivity index (χ2v) is 9.75. The molecule has 2 aromatic heterocycles. The first-order valence-corrected chi connectivity index (χ1v) is 13.2. The molecule has 4 aromatic rings. The summed E-state index contributed by atoms with van der Waals surface area (Å²) in [5.74, 6) is -0.0526. The minimum Gasteiger partial charge on any atom is -0.334 e.